The maximum atomic E-state index is 13.0. The van der Waals surface area contributed by atoms with E-state index in [9.17, 15) is 9.59 Å². The van der Waals surface area contributed by atoms with Gasteiger partial charge in [-0.1, -0.05) is 24.3 Å². The van der Waals surface area contributed by atoms with E-state index in [0.29, 0.717) is 25.9 Å². The van der Waals surface area contributed by atoms with Gasteiger partial charge >= 0.3 is 0 Å². The van der Waals surface area contributed by atoms with Gasteiger partial charge in [0.25, 0.3) is 0 Å². The molecule has 2 amide bonds. The van der Waals surface area contributed by atoms with Crippen LogP contribution < -0.4 is 5.73 Å². The van der Waals surface area contributed by atoms with Crippen LogP contribution in [-0.4, -0.2) is 44.6 Å². The summed E-state index contributed by atoms with van der Waals surface area (Å²) in [5.74, 6) is -0.402. The number of benzene rings is 1. The molecule has 0 spiro atoms. The number of carbonyl (C=O) groups excluding carboxylic acids is 2. The summed E-state index contributed by atoms with van der Waals surface area (Å²) < 4.78 is 1.75. The molecular formula is C25H29N5O2. The van der Waals surface area contributed by atoms with Gasteiger partial charge in [-0.3, -0.25) is 19.3 Å². The molecule has 3 aromatic rings. The summed E-state index contributed by atoms with van der Waals surface area (Å²) in [7, 11) is 0. The Labute approximate surface area is 188 Å². The predicted octanol–water partition coefficient (Wildman–Crippen LogP) is 2.82. The van der Waals surface area contributed by atoms with Gasteiger partial charge in [-0.2, -0.15) is 5.10 Å². The average molecular weight is 432 g/mol. The Balaban J connectivity index is 1.56. The number of carbonyl (C=O) groups is 2. The molecule has 4 rings (SSSR count). The van der Waals surface area contributed by atoms with E-state index in [1.165, 1.54) is 0 Å². The maximum absolute atomic E-state index is 13.0. The molecule has 1 aliphatic rings. The van der Waals surface area contributed by atoms with E-state index in [4.69, 9.17) is 5.73 Å². The highest BCUT2D eigenvalue weighted by Gasteiger charge is 2.45. The molecule has 2 N–H and O–H groups in total. The predicted molar refractivity (Wildman–Crippen MR) is 123 cm³/mol. The molecule has 0 aliphatic carbocycles. The van der Waals surface area contributed by atoms with Crippen molar-refractivity contribution >= 4 is 11.8 Å². The molecule has 1 fully saturated rings. The minimum absolute atomic E-state index is 0.0406. The Morgan fingerprint density at radius 2 is 1.81 bits per heavy atom. The van der Waals surface area contributed by atoms with Gasteiger partial charge in [0, 0.05) is 31.2 Å². The summed E-state index contributed by atoms with van der Waals surface area (Å²) in [6.07, 6.45) is 4.55. The first-order chi connectivity index (χ1) is 15.3. The lowest BCUT2D eigenvalue weighted by Crippen LogP contribution is -2.43. The molecule has 0 saturated carbocycles. The van der Waals surface area contributed by atoms with Gasteiger partial charge < -0.3 is 10.6 Å². The SMILES string of the molecule is Cc1nn(CC(=O)N2CC[C@@](Cc3ccccc3-c3ccncc3)(C(N)=O)C2)c(C)c1C. The summed E-state index contributed by atoms with van der Waals surface area (Å²) in [6, 6.07) is 11.9. The molecule has 32 heavy (non-hydrogen) atoms. The number of aryl methyl sites for hydroxylation is 1. The normalized spacial score (nSPS) is 18.2. The molecule has 1 saturated heterocycles. The van der Waals surface area contributed by atoms with Crippen LogP contribution in [0, 0.1) is 26.2 Å². The number of nitrogens with two attached hydrogens (primary N) is 1. The zero-order valence-corrected chi connectivity index (χ0v) is 18.8. The fourth-order valence-corrected chi connectivity index (χ4v) is 4.54. The lowest BCUT2D eigenvalue weighted by Gasteiger charge is -2.27. The molecular weight excluding hydrogens is 402 g/mol. The lowest BCUT2D eigenvalue weighted by molar-refractivity contribution is -0.132. The Morgan fingerprint density at radius 3 is 2.47 bits per heavy atom. The number of amides is 2. The smallest absolute Gasteiger partial charge is 0.244 e. The van der Waals surface area contributed by atoms with Gasteiger partial charge in [0.15, 0.2) is 0 Å². The number of nitrogens with zero attached hydrogens (tertiary/aromatic N) is 4. The van der Waals surface area contributed by atoms with Crippen molar-refractivity contribution in [2.75, 3.05) is 13.1 Å². The molecule has 7 nitrogen and oxygen atoms in total. The Hall–Kier alpha value is -3.48. The number of hydrogen-bond acceptors (Lipinski definition) is 4. The number of primary amides is 1. The van der Waals surface area contributed by atoms with Gasteiger partial charge in [-0.05, 0) is 68.0 Å². The maximum Gasteiger partial charge on any atom is 0.244 e. The average Bonchev–Trinajstić information content (AvgIpc) is 3.33. The highest BCUT2D eigenvalue weighted by Crippen LogP contribution is 2.37. The van der Waals surface area contributed by atoms with E-state index in [2.05, 4.69) is 10.1 Å². The second kappa shape index (κ2) is 8.57. The van der Waals surface area contributed by atoms with Crippen molar-refractivity contribution in [3.05, 3.63) is 71.3 Å². The molecule has 166 valence electrons. The number of aromatic nitrogens is 3. The molecule has 1 aliphatic heterocycles. The monoisotopic (exact) mass is 431 g/mol. The minimum Gasteiger partial charge on any atom is -0.369 e. The van der Waals surface area contributed by atoms with Crippen molar-refractivity contribution in [2.45, 2.75) is 40.2 Å². The Kier molecular flexibility index (Phi) is 5.82. The van der Waals surface area contributed by atoms with Crippen LogP contribution in [0.5, 0.6) is 0 Å². The molecule has 3 heterocycles. The second-order valence-electron chi connectivity index (χ2n) is 8.73. The van der Waals surface area contributed by atoms with Crippen LogP contribution in [0.4, 0.5) is 0 Å². The molecule has 0 unspecified atom stereocenters. The van der Waals surface area contributed by atoms with Crippen molar-refractivity contribution < 1.29 is 9.59 Å². The minimum atomic E-state index is -0.788. The van der Waals surface area contributed by atoms with E-state index in [1.54, 1.807) is 22.0 Å². The zero-order chi connectivity index (χ0) is 22.9. The highest BCUT2D eigenvalue weighted by molar-refractivity contribution is 5.85. The molecule has 0 radical (unpaired) electrons. The third kappa shape index (κ3) is 4.02. The van der Waals surface area contributed by atoms with Crippen LogP contribution in [0.25, 0.3) is 11.1 Å². The molecule has 1 aromatic carbocycles. The third-order valence-corrected chi connectivity index (χ3v) is 6.80. The Morgan fingerprint density at radius 1 is 1.09 bits per heavy atom. The van der Waals surface area contributed by atoms with Crippen LogP contribution in [0.1, 0.15) is 28.9 Å². The van der Waals surface area contributed by atoms with E-state index >= 15 is 0 Å². The number of rotatable bonds is 6. The van der Waals surface area contributed by atoms with Crippen LogP contribution in [0.2, 0.25) is 0 Å². The molecule has 1 atom stereocenters. The number of likely N-dealkylation sites (tertiary alicyclic amines) is 1. The van der Waals surface area contributed by atoms with Gasteiger partial charge in [-0.15, -0.1) is 0 Å². The standard InChI is InChI=1S/C25H29N5O2/c1-17-18(2)28-30(19(17)3)15-23(31)29-13-10-25(16-29,24(26)32)14-21-6-4-5-7-22(21)20-8-11-27-12-9-20/h4-9,11-12H,10,13-16H2,1-3H3,(H2,26,32)/t25-/m0/s1. The van der Waals surface area contributed by atoms with Crippen molar-refractivity contribution in [2.24, 2.45) is 11.1 Å². The van der Waals surface area contributed by atoms with Crippen molar-refractivity contribution in [3.8, 4) is 11.1 Å². The fourth-order valence-electron chi connectivity index (χ4n) is 4.54. The number of hydrogen-bond donors (Lipinski definition) is 1. The quantitative estimate of drug-likeness (QED) is 0.649. The highest BCUT2D eigenvalue weighted by atomic mass is 16.2. The first-order valence-corrected chi connectivity index (χ1v) is 10.9. The molecule has 2 aromatic heterocycles. The van der Waals surface area contributed by atoms with Crippen molar-refractivity contribution in [1.29, 1.82) is 0 Å². The van der Waals surface area contributed by atoms with Gasteiger partial charge in [0.05, 0.1) is 11.1 Å². The summed E-state index contributed by atoms with van der Waals surface area (Å²) in [4.78, 5) is 31.6. The van der Waals surface area contributed by atoms with E-state index in [1.807, 2.05) is 57.2 Å². The first-order valence-electron chi connectivity index (χ1n) is 10.9. The van der Waals surface area contributed by atoms with E-state index < -0.39 is 5.41 Å². The number of pyridine rings is 1. The second-order valence-corrected chi connectivity index (χ2v) is 8.73. The van der Waals surface area contributed by atoms with Crippen LogP contribution in [0.3, 0.4) is 0 Å². The Bertz CT molecular complexity index is 1150. The van der Waals surface area contributed by atoms with Crippen LogP contribution in [0.15, 0.2) is 48.8 Å². The van der Waals surface area contributed by atoms with Crippen molar-refractivity contribution in [1.82, 2.24) is 19.7 Å². The zero-order valence-electron chi connectivity index (χ0n) is 18.8. The first kappa shape index (κ1) is 21.7. The summed E-state index contributed by atoms with van der Waals surface area (Å²) >= 11 is 0. The van der Waals surface area contributed by atoms with Crippen LogP contribution >= 0.6 is 0 Å². The molecule has 7 heteroatoms. The van der Waals surface area contributed by atoms with E-state index in [0.717, 1.165) is 33.6 Å². The fraction of sp³-hybridized carbons (Fsp3) is 0.360. The summed E-state index contributed by atoms with van der Waals surface area (Å²) in [6.45, 7) is 6.92. The summed E-state index contributed by atoms with van der Waals surface area (Å²) in [5, 5.41) is 4.48. The summed E-state index contributed by atoms with van der Waals surface area (Å²) in [5.41, 5.74) is 11.3. The van der Waals surface area contributed by atoms with Gasteiger partial charge in [0.2, 0.25) is 11.8 Å². The third-order valence-electron chi connectivity index (χ3n) is 6.80. The topological polar surface area (TPSA) is 94.1 Å². The van der Waals surface area contributed by atoms with Gasteiger partial charge in [-0.25, -0.2) is 0 Å². The van der Waals surface area contributed by atoms with Gasteiger partial charge in [0.1, 0.15) is 6.54 Å². The largest absolute Gasteiger partial charge is 0.369 e. The van der Waals surface area contributed by atoms with Crippen molar-refractivity contribution in [3.63, 3.8) is 0 Å². The molecule has 0 bridgehead atoms. The van der Waals surface area contributed by atoms with Crippen LogP contribution in [-0.2, 0) is 22.6 Å². The lowest BCUT2D eigenvalue weighted by atomic mass is 9.78. The van der Waals surface area contributed by atoms with E-state index in [-0.39, 0.29) is 18.4 Å².